The van der Waals surface area contributed by atoms with Gasteiger partial charge in [0, 0.05) is 7.11 Å². The van der Waals surface area contributed by atoms with Crippen molar-refractivity contribution in [3.8, 4) is 12.0 Å². The average molecular weight is 373 g/mol. The standard InChI is InChI=1S/C17H19N5O5/c1-24-8-9-26-15-20-13(18)12-14(21-15)22(10-11-6-4-3-5-7-11)16(19-12)27-17(23)25-2/h3-7H,8-10H2,1-2H3,(H2,18,20,21). The molecule has 3 rings (SSSR count). The molecular weight excluding hydrogens is 354 g/mol. The van der Waals surface area contributed by atoms with Crippen molar-refractivity contribution < 1.29 is 23.7 Å². The fourth-order valence-electron chi connectivity index (χ4n) is 2.36. The maximum Gasteiger partial charge on any atom is 0.516 e. The molecule has 0 aliphatic carbocycles. The Labute approximate surface area is 154 Å². The molecule has 2 heterocycles. The molecule has 10 nitrogen and oxygen atoms in total. The first-order valence-corrected chi connectivity index (χ1v) is 8.07. The van der Waals surface area contributed by atoms with Crippen LogP contribution in [-0.4, -0.2) is 53.1 Å². The van der Waals surface area contributed by atoms with Crippen molar-refractivity contribution in [3.05, 3.63) is 35.9 Å². The summed E-state index contributed by atoms with van der Waals surface area (Å²) in [6, 6.07) is 9.63. The first kappa shape index (κ1) is 18.4. The molecule has 0 amide bonds. The number of fused-ring (bicyclic) bond motifs is 1. The van der Waals surface area contributed by atoms with Crippen LogP contribution < -0.4 is 15.2 Å². The quantitative estimate of drug-likeness (QED) is 0.486. The summed E-state index contributed by atoms with van der Waals surface area (Å²) >= 11 is 0. The summed E-state index contributed by atoms with van der Waals surface area (Å²) in [5.41, 5.74) is 7.61. The minimum absolute atomic E-state index is 0.00394. The van der Waals surface area contributed by atoms with E-state index in [2.05, 4.69) is 19.7 Å². The zero-order valence-electron chi connectivity index (χ0n) is 14.9. The molecule has 0 aliphatic rings. The number of carbonyl (C=O) groups excluding carboxylic acids is 1. The summed E-state index contributed by atoms with van der Waals surface area (Å²) in [7, 11) is 2.77. The maximum atomic E-state index is 11.6. The maximum absolute atomic E-state index is 11.6. The van der Waals surface area contributed by atoms with Crippen molar-refractivity contribution >= 4 is 23.1 Å². The minimum Gasteiger partial charge on any atom is -0.461 e. The second-order valence-corrected chi connectivity index (χ2v) is 5.43. The number of anilines is 1. The zero-order valence-corrected chi connectivity index (χ0v) is 14.9. The summed E-state index contributed by atoms with van der Waals surface area (Å²) in [6.07, 6.45) is -0.900. The first-order chi connectivity index (χ1) is 13.1. The number of hydrogen-bond donors (Lipinski definition) is 1. The third-order valence-corrected chi connectivity index (χ3v) is 3.61. The van der Waals surface area contributed by atoms with E-state index in [1.165, 1.54) is 7.11 Å². The molecule has 0 fully saturated rings. The second kappa shape index (κ2) is 8.32. The number of ether oxygens (including phenoxy) is 4. The Hall–Kier alpha value is -3.40. The molecule has 2 aromatic heterocycles. The van der Waals surface area contributed by atoms with Gasteiger partial charge < -0.3 is 24.7 Å². The molecule has 3 aromatic rings. The molecule has 0 bridgehead atoms. The highest BCUT2D eigenvalue weighted by atomic mass is 16.7. The lowest BCUT2D eigenvalue weighted by molar-refractivity contribution is 0.116. The van der Waals surface area contributed by atoms with Crippen molar-refractivity contribution in [1.29, 1.82) is 0 Å². The summed E-state index contributed by atoms with van der Waals surface area (Å²) in [4.78, 5) is 24.3. The topological polar surface area (TPSA) is 124 Å². The number of methoxy groups -OCH3 is 2. The van der Waals surface area contributed by atoms with Crippen molar-refractivity contribution in [2.24, 2.45) is 0 Å². The number of nitrogens with zero attached hydrogens (tertiary/aromatic N) is 4. The monoisotopic (exact) mass is 373 g/mol. The highest BCUT2D eigenvalue weighted by molar-refractivity contribution is 5.83. The normalized spacial score (nSPS) is 10.7. The lowest BCUT2D eigenvalue weighted by atomic mass is 10.2. The molecular formula is C17H19N5O5. The van der Waals surface area contributed by atoms with Crippen LogP contribution >= 0.6 is 0 Å². The van der Waals surface area contributed by atoms with Crippen LogP contribution in [-0.2, 0) is 16.0 Å². The number of carbonyl (C=O) groups is 1. The Morgan fingerprint density at radius 2 is 1.89 bits per heavy atom. The van der Waals surface area contributed by atoms with E-state index in [0.717, 1.165) is 5.56 Å². The van der Waals surface area contributed by atoms with E-state index in [1.807, 2.05) is 30.3 Å². The van der Waals surface area contributed by atoms with E-state index in [-0.39, 0.29) is 24.4 Å². The molecule has 10 heteroatoms. The molecule has 0 saturated heterocycles. The predicted octanol–water partition coefficient (Wildman–Crippen LogP) is 1.63. The highest BCUT2D eigenvalue weighted by Gasteiger charge is 2.21. The van der Waals surface area contributed by atoms with Crippen molar-refractivity contribution in [2.45, 2.75) is 6.54 Å². The van der Waals surface area contributed by atoms with E-state index in [0.29, 0.717) is 24.3 Å². The fourth-order valence-corrected chi connectivity index (χ4v) is 2.36. The average Bonchev–Trinajstić information content (AvgIpc) is 3.00. The number of hydrogen-bond acceptors (Lipinski definition) is 9. The third kappa shape index (κ3) is 4.23. The summed E-state index contributed by atoms with van der Waals surface area (Å²) in [6.45, 7) is 0.985. The highest BCUT2D eigenvalue weighted by Crippen LogP contribution is 2.26. The van der Waals surface area contributed by atoms with Crippen LogP contribution in [0.3, 0.4) is 0 Å². The summed E-state index contributed by atoms with van der Waals surface area (Å²) < 4.78 is 21.7. The summed E-state index contributed by atoms with van der Waals surface area (Å²) in [5, 5.41) is 0. The molecule has 0 spiro atoms. The second-order valence-electron chi connectivity index (χ2n) is 5.43. The van der Waals surface area contributed by atoms with Gasteiger partial charge in [0.2, 0.25) is 0 Å². The number of aromatic nitrogens is 4. The van der Waals surface area contributed by atoms with Gasteiger partial charge in [-0.2, -0.15) is 15.0 Å². The third-order valence-electron chi connectivity index (χ3n) is 3.61. The largest absolute Gasteiger partial charge is 0.516 e. The van der Waals surface area contributed by atoms with Crippen molar-refractivity contribution in [3.63, 3.8) is 0 Å². The Morgan fingerprint density at radius 3 is 2.59 bits per heavy atom. The minimum atomic E-state index is -0.900. The van der Waals surface area contributed by atoms with Crippen LogP contribution in [0.25, 0.3) is 11.2 Å². The molecule has 0 saturated carbocycles. The van der Waals surface area contributed by atoms with Crippen LogP contribution in [0.15, 0.2) is 30.3 Å². The Bertz CT molecular complexity index is 928. The lowest BCUT2D eigenvalue weighted by Gasteiger charge is -2.09. The smallest absolute Gasteiger partial charge is 0.461 e. The van der Waals surface area contributed by atoms with Gasteiger partial charge in [0.15, 0.2) is 17.0 Å². The van der Waals surface area contributed by atoms with Crippen LogP contribution in [0.1, 0.15) is 5.56 Å². The lowest BCUT2D eigenvalue weighted by Crippen LogP contribution is -2.13. The van der Waals surface area contributed by atoms with E-state index < -0.39 is 6.16 Å². The van der Waals surface area contributed by atoms with Gasteiger partial charge in [-0.3, -0.25) is 4.57 Å². The molecule has 0 atom stereocenters. The number of nitrogen functional groups attached to an aromatic ring is 1. The fraction of sp³-hybridized carbons (Fsp3) is 0.294. The van der Waals surface area contributed by atoms with E-state index >= 15 is 0 Å². The SMILES string of the molecule is COCCOc1nc(N)c2nc(OC(=O)OC)n(Cc3ccccc3)c2n1. The Morgan fingerprint density at radius 1 is 1.11 bits per heavy atom. The van der Waals surface area contributed by atoms with Crippen LogP contribution in [0.2, 0.25) is 0 Å². The molecule has 2 N–H and O–H groups in total. The van der Waals surface area contributed by atoms with Gasteiger partial charge in [-0.1, -0.05) is 30.3 Å². The van der Waals surface area contributed by atoms with Crippen LogP contribution in [0.4, 0.5) is 10.6 Å². The molecule has 0 radical (unpaired) electrons. The van der Waals surface area contributed by atoms with Crippen molar-refractivity contribution in [2.75, 3.05) is 33.2 Å². The Balaban J connectivity index is 2.05. The van der Waals surface area contributed by atoms with E-state index in [9.17, 15) is 4.79 Å². The predicted molar refractivity (Wildman–Crippen MR) is 95.7 cm³/mol. The van der Waals surface area contributed by atoms with Gasteiger partial charge in [0.1, 0.15) is 6.61 Å². The first-order valence-electron chi connectivity index (χ1n) is 8.07. The summed E-state index contributed by atoms with van der Waals surface area (Å²) in [5.74, 6) is 0.106. The van der Waals surface area contributed by atoms with Gasteiger partial charge in [0.25, 0.3) is 0 Å². The molecule has 142 valence electrons. The van der Waals surface area contributed by atoms with E-state index in [4.69, 9.17) is 19.9 Å². The Kier molecular flexibility index (Phi) is 5.67. The number of benzene rings is 1. The molecule has 0 aliphatic heterocycles. The van der Waals surface area contributed by atoms with Crippen molar-refractivity contribution in [1.82, 2.24) is 19.5 Å². The molecule has 0 unspecified atom stereocenters. The van der Waals surface area contributed by atoms with Crippen LogP contribution in [0.5, 0.6) is 12.0 Å². The zero-order chi connectivity index (χ0) is 19.2. The van der Waals surface area contributed by atoms with Gasteiger partial charge in [0.05, 0.1) is 20.3 Å². The van der Waals surface area contributed by atoms with Gasteiger partial charge in [-0.05, 0) is 5.56 Å². The molecule has 27 heavy (non-hydrogen) atoms. The van der Waals surface area contributed by atoms with Gasteiger partial charge in [-0.25, -0.2) is 4.79 Å². The number of rotatable bonds is 7. The van der Waals surface area contributed by atoms with Gasteiger partial charge >= 0.3 is 18.2 Å². The van der Waals surface area contributed by atoms with Crippen LogP contribution in [0, 0.1) is 0 Å². The molecule has 1 aromatic carbocycles. The van der Waals surface area contributed by atoms with E-state index in [1.54, 1.807) is 11.7 Å². The number of nitrogens with two attached hydrogens (primary N) is 1. The number of imidazole rings is 1. The van der Waals surface area contributed by atoms with Gasteiger partial charge in [-0.15, -0.1) is 0 Å².